The number of terminal acetylenes is 1. The van der Waals surface area contributed by atoms with Crippen molar-refractivity contribution in [3.63, 3.8) is 0 Å². The molecule has 0 aromatic heterocycles. The Bertz CT molecular complexity index is 362. The molecule has 0 amide bonds. The van der Waals surface area contributed by atoms with Crippen LogP contribution in [0.15, 0.2) is 24.0 Å². The number of ether oxygens (including phenoxy) is 2. The molecule has 4 nitrogen and oxygen atoms in total. The summed E-state index contributed by atoms with van der Waals surface area (Å²) in [6, 6.07) is 0. The van der Waals surface area contributed by atoms with Crippen molar-refractivity contribution < 1.29 is 19.4 Å². The maximum absolute atomic E-state index is 11.0. The molecule has 0 aromatic rings. The average molecular weight is 222 g/mol. The zero-order chi connectivity index (χ0) is 12.1. The van der Waals surface area contributed by atoms with Gasteiger partial charge in [-0.2, -0.15) is 0 Å². The molecule has 1 N–H and O–H groups in total. The molecule has 0 aliphatic heterocycles. The Balaban J connectivity index is 2.65. The standard InChI is InChI=1S/C12H14O4/c1-4-9-6-10(7-11(13)8(9)3)16-12(14)15-5-2/h1,5,10-11,13H,2,6-7H2,3H3/t10-,11+/m0/s1. The Morgan fingerprint density at radius 1 is 1.75 bits per heavy atom. The van der Waals surface area contributed by atoms with Crippen LogP contribution in [0, 0.1) is 12.3 Å². The lowest BCUT2D eigenvalue weighted by Crippen LogP contribution is -2.29. The summed E-state index contributed by atoms with van der Waals surface area (Å²) in [5.74, 6) is 2.49. The minimum Gasteiger partial charge on any atom is -0.430 e. The summed E-state index contributed by atoms with van der Waals surface area (Å²) >= 11 is 0. The molecule has 2 atom stereocenters. The third kappa shape index (κ3) is 2.88. The molecule has 0 spiro atoms. The van der Waals surface area contributed by atoms with E-state index in [4.69, 9.17) is 11.2 Å². The first kappa shape index (κ1) is 12.3. The van der Waals surface area contributed by atoms with Crippen molar-refractivity contribution in [1.29, 1.82) is 0 Å². The van der Waals surface area contributed by atoms with Gasteiger partial charge < -0.3 is 14.6 Å². The van der Waals surface area contributed by atoms with Crippen LogP contribution >= 0.6 is 0 Å². The average Bonchev–Trinajstić information content (AvgIpc) is 2.23. The van der Waals surface area contributed by atoms with E-state index in [-0.39, 0.29) is 0 Å². The van der Waals surface area contributed by atoms with Gasteiger partial charge in [0.2, 0.25) is 0 Å². The molecule has 1 rings (SSSR count). The van der Waals surface area contributed by atoms with Gasteiger partial charge in [0.05, 0.1) is 12.4 Å². The first-order chi connectivity index (χ1) is 7.58. The second kappa shape index (κ2) is 5.38. The Morgan fingerprint density at radius 2 is 2.44 bits per heavy atom. The minimum absolute atomic E-state index is 0.337. The summed E-state index contributed by atoms with van der Waals surface area (Å²) in [5, 5.41) is 9.69. The summed E-state index contributed by atoms with van der Waals surface area (Å²) < 4.78 is 9.39. The molecule has 1 aliphatic rings. The molecule has 0 bridgehead atoms. The van der Waals surface area contributed by atoms with Gasteiger partial charge in [-0.05, 0) is 12.5 Å². The largest absolute Gasteiger partial charge is 0.513 e. The summed E-state index contributed by atoms with van der Waals surface area (Å²) in [7, 11) is 0. The van der Waals surface area contributed by atoms with Crippen molar-refractivity contribution in [3.8, 4) is 12.3 Å². The highest BCUT2D eigenvalue weighted by atomic mass is 16.7. The Hall–Kier alpha value is -1.73. The van der Waals surface area contributed by atoms with Crippen LogP contribution in [0.2, 0.25) is 0 Å². The van der Waals surface area contributed by atoms with E-state index in [0.29, 0.717) is 18.4 Å². The number of rotatable bonds is 2. The zero-order valence-electron chi connectivity index (χ0n) is 9.10. The smallest absolute Gasteiger partial charge is 0.430 e. The number of hydrogen-bond donors (Lipinski definition) is 1. The van der Waals surface area contributed by atoms with Crippen LogP contribution < -0.4 is 0 Å². The summed E-state index contributed by atoms with van der Waals surface area (Å²) in [4.78, 5) is 11.0. The Kier molecular flexibility index (Phi) is 4.15. The number of aliphatic hydroxyl groups excluding tert-OH is 1. The van der Waals surface area contributed by atoms with Gasteiger partial charge in [0.25, 0.3) is 0 Å². The van der Waals surface area contributed by atoms with Crippen molar-refractivity contribution in [3.05, 3.63) is 24.0 Å². The van der Waals surface area contributed by atoms with E-state index >= 15 is 0 Å². The quantitative estimate of drug-likeness (QED) is 0.439. The zero-order valence-corrected chi connectivity index (χ0v) is 9.10. The van der Waals surface area contributed by atoms with Crippen LogP contribution in [0.4, 0.5) is 4.79 Å². The molecule has 16 heavy (non-hydrogen) atoms. The van der Waals surface area contributed by atoms with Crippen LogP contribution in [0.1, 0.15) is 19.8 Å². The van der Waals surface area contributed by atoms with Crippen LogP contribution in [-0.2, 0) is 9.47 Å². The lowest BCUT2D eigenvalue weighted by atomic mass is 9.89. The SMILES string of the molecule is C#CC1=C(C)[C@H](O)C[C@@H](OC(=O)OC=C)C1. The predicted molar refractivity (Wildman–Crippen MR) is 58.3 cm³/mol. The van der Waals surface area contributed by atoms with E-state index in [1.54, 1.807) is 6.92 Å². The van der Waals surface area contributed by atoms with Crippen molar-refractivity contribution in [2.75, 3.05) is 0 Å². The van der Waals surface area contributed by atoms with Gasteiger partial charge in [-0.3, -0.25) is 0 Å². The van der Waals surface area contributed by atoms with Gasteiger partial charge in [0, 0.05) is 18.4 Å². The Morgan fingerprint density at radius 3 is 3.00 bits per heavy atom. The fraction of sp³-hybridized carbons (Fsp3) is 0.417. The topological polar surface area (TPSA) is 55.8 Å². The summed E-state index contributed by atoms with van der Waals surface area (Å²) in [5.41, 5.74) is 1.44. The van der Waals surface area contributed by atoms with E-state index in [2.05, 4.69) is 17.2 Å². The molecule has 0 aromatic carbocycles. The Labute approximate surface area is 94.6 Å². The monoisotopic (exact) mass is 222 g/mol. The van der Waals surface area contributed by atoms with Crippen molar-refractivity contribution in [2.45, 2.75) is 32.0 Å². The van der Waals surface area contributed by atoms with Crippen molar-refractivity contribution in [2.24, 2.45) is 0 Å². The second-order valence-corrected chi connectivity index (χ2v) is 3.54. The number of aliphatic hydroxyl groups is 1. The fourth-order valence-electron chi connectivity index (χ4n) is 1.59. The molecule has 0 unspecified atom stereocenters. The maximum Gasteiger partial charge on any atom is 0.513 e. The van der Waals surface area contributed by atoms with Gasteiger partial charge in [-0.15, -0.1) is 6.42 Å². The van der Waals surface area contributed by atoms with E-state index in [1.807, 2.05) is 0 Å². The third-order valence-corrected chi connectivity index (χ3v) is 2.51. The van der Waals surface area contributed by atoms with Crippen molar-refractivity contribution in [1.82, 2.24) is 0 Å². The predicted octanol–water partition coefficient (Wildman–Crippen LogP) is 1.76. The lowest BCUT2D eigenvalue weighted by molar-refractivity contribution is 0.0225. The summed E-state index contributed by atoms with van der Waals surface area (Å²) in [6.45, 7) is 5.01. The van der Waals surface area contributed by atoms with E-state index in [1.165, 1.54) is 0 Å². The molecule has 1 aliphatic carbocycles. The number of carbonyl (C=O) groups excluding carboxylic acids is 1. The van der Waals surface area contributed by atoms with Gasteiger partial charge in [-0.25, -0.2) is 4.79 Å². The lowest BCUT2D eigenvalue weighted by Gasteiger charge is -2.26. The number of hydrogen-bond acceptors (Lipinski definition) is 4. The minimum atomic E-state index is -0.830. The fourth-order valence-corrected chi connectivity index (χ4v) is 1.59. The van der Waals surface area contributed by atoms with Crippen LogP contribution in [0.25, 0.3) is 0 Å². The maximum atomic E-state index is 11.0. The second-order valence-electron chi connectivity index (χ2n) is 3.54. The van der Waals surface area contributed by atoms with Gasteiger partial charge in [0.15, 0.2) is 0 Å². The molecule has 86 valence electrons. The molecule has 0 fully saturated rings. The van der Waals surface area contributed by atoms with Crippen LogP contribution in [0.5, 0.6) is 0 Å². The molecular weight excluding hydrogens is 208 g/mol. The molecule has 0 radical (unpaired) electrons. The highest BCUT2D eigenvalue weighted by Gasteiger charge is 2.27. The van der Waals surface area contributed by atoms with E-state index in [0.717, 1.165) is 11.8 Å². The highest BCUT2D eigenvalue weighted by Crippen LogP contribution is 2.26. The molecular formula is C12H14O4. The number of carbonyl (C=O) groups is 1. The van der Waals surface area contributed by atoms with Crippen LogP contribution in [-0.4, -0.2) is 23.5 Å². The van der Waals surface area contributed by atoms with E-state index < -0.39 is 18.4 Å². The molecule has 0 saturated heterocycles. The van der Waals surface area contributed by atoms with Crippen LogP contribution in [0.3, 0.4) is 0 Å². The molecule has 0 heterocycles. The van der Waals surface area contributed by atoms with Crippen molar-refractivity contribution >= 4 is 6.16 Å². The van der Waals surface area contributed by atoms with Gasteiger partial charge >= 0.3 is 6.16 Å². The first-order valence-electron chi connectivity index (χ1n) is 4.91. The summed E-state index contributed by atoms with van der Waals surface area (Å²) in [6.07, 6.45) is 5.12. The molecule has 0 saturated carbocycles. The highest BCUT2D eigenvalue weighted by molar-refractivity contribution is 5.61. The van der Waals surface area contributed by atoms with Gasteiger partial charge in [0.1, 0.15) is 6.10 Å². The molecule has 4 heteroatoms. The normalized spacial score (nSPS) is 24.6. The first-order valence-corrected chi connectivity index (χ1v) is 4.91. The van der Waals surface area contributed by atoms with Gasteiger partial charge in [-0.1, -0.05) is 12.5 Å². The van der Waals surface area contributed by atoms with E-state index in [9.17, 15) is 9.90 Å². The third-order valence-electron chi connectivity index (χ3n) is 2.51.